The van der Waals surface area contributed by atoms with Crippen LogP contribution in [-0.2, 0) is 13.2 Å². The Morgan fingerprint density at radius 3 is 2.63 bits per heavy atom. The number of para-hydroxylation sites is 1. The highest BCUT2D eigenvalue weighted by atomic mass is 32.1. The van der Waals surface area contributed by atoms with Gasteiger partial charge in [0.15, 0.2) is 0 Å². The summed E-state index contributed by atoms with van der Waals surface area (Å²) in [7, 11) is 0. The minimum atomic E-state index is 0.501. The maximum Gasteiger partial charge on any atom is 0.124 e. The second-order valence-corrected chi connectivity index (χ2v) is 5.27. The summed E-state index contributed by atoms with van der Waals surface area (Å²) in [5, 5.41) is 3.44. The standard InChI is InChI=1S/C16H15NOS/c17-9-12-5-1-3-7-15(12)18-10-13-11-19-16-8-4-2-6-14(13)16/h1-8,11H,9-10,17H2. The predicted molar refractivity (Wildman–Crippen MR) is 80.5 cm³/mol. The Labute approximate surface area is 116 Å². The Morgan fingerprint density at radius 2 is 1.74 bits per heavy atom. The Bertz CT molecular complexity index is 690. The van der Waals surface area contributed by atoms with Crippen LogP contribution in [0.15, 0.2) is 53.9 Å². The first-order chi connectivity index (χ1) is 9.38. The lowest BCUT2D eigenvalue weighted by molar-refractivity contribution is 0.305. The monoisotopic (exact) mass is 269 g/mol. The third-order valence-corrected chi connectivity index (χ3v) is 4.15. The SMILES string of the molecule is NCc1ccccc1OCc1csc2ccccc12. The molecule has 2 aromatic carbocycles. The minimum Gasteiger partial charge on any atom is -0.489 e. The molecule has 3 aromatic rings. The van der Waals surface area contributed by atoms with E-state index in [4.69, 9.17) is 10.5 Å². The molecule has 0 saturated carbocycles. The van der Waals surface area contributed by atoms with Crippen LogP contribution in [0.5, 0.6) is 5.75 Å². The van der Waals surface area contributed by atoms with Gasteiger partial charge in [-0.05, 0) is 22.9 Å². The van der Waals surface area contributed by atoms with Crippen LogP contribution < -0.4 is 10.5 Å². The number of rotatable bonds is 4. The molecule has 19 heavy (non-hydrogen) atoms. The number of ether oxygens (including phenoxy) is 1. The van der Waals surface area contributed by atoms with Gasteiger partial charge in [-0.3, -0.25) is 0 Å². The van der Waals surface area contributed by atoms with Gasteiger partial charge in [0.05, 0.1) is 0 Å². The van der Waals surface area contributed by atoms with Gasteiger partial charge >= 0.3 is 0 Å². The molecule has 0 spiro atoms. The van der Waals surface area contributed by atoms with Crippen molar-refractivity contribution >= 4 is 21.4 Å². The van der Waals surface area contributed by atoms with Crippen LogP contribution in [0.1, 0.15) is 11.1 Å². The number of hydrogen-bond donors (Lipinski definition) is 1. The molecule has 1 aromatic heterocycles. The molecule has 96 valence electrons. The number of nitrogens with two attached hydrogens (primary N) is 1. The van der Waals surface area contributed by atoms with Crippen molar-refractivity contribution in [1.82, 2.24) is 0 Å². The fourth-order valence-corrected chi connectivity index (χ4v) is 3.06. The summed E-state index contributed by atoms with van der Waals surface area (Å²) in [6, 6.07) is 16.3. The molecule has 0 radical (unpaired) electrons. The van der Waals surface area contributed by atoms with Crippen molar-refractivity contribution in [3.8, 4) is 5.75 Å². The molecule has 2 N–H and O–H groups in total. The van der Waals surface area contributed by atoms with E-state index in [0.717, 1.165) is 11.3 Å². The smallest absolute Gasteiger partial charge is 0.124 e. The van der Waals surface area contributed by atoms with Crippen LogP contribution in [0.25, 0.3) is 10.1 Å². The summed E-state index contributed by atoms with van der Waals surface area (Å²) >= 11 is 1.75. The molecule has 0 amide bonds. The zero-order valence-corrected chi connectivity index (χ0v) is 11.3. The van der Waals surface area contributed by atoms with Crippen LogP contribution >= 0.6 is 11.3 Å². The van der Waals surface area contributed by atoms with Crippen LogP contribution in [0.3, 0.4) is 0 Å². The van der Waals surface area contributed by atoms with Gasteiger partial charge in [-0.15, -0.1) is 11.3 Å². The lowest BCUT2D eigenvalue weighted by atomic mass is 10.2. The van der Waals surface area contributed by atoms with E-state index in [1.807, 2.05) is 24.3 Å². The van der Waals surface area contributed by atoms with Crippen LogP contribution in [0.2, 0.25) is 0 Å². The second kappa shape index (κ2) is 5.43. The van der Waals surface area contributed by atoms with E-state index in [9.17, 15) is 0 Å². The summed E-state index contributed by atoms with van der Waals surface area (Å²) < 4.78 is 7.21. The Balaban J connectivity index is 1.82. The summed E-state index contributed by atoms with van der Waals surface area (Å²) in [5.74, 6) is 0.875. The third-order valence-electron chi connectivity index (χ3n) is 3.14. The van der Waals surface area contributed by atoms with Gasteiger partial charge < -0.3 is 10.5 Å². The predicted octanol–water partition coefficient (Wildman–Crippen LogP) is 3.94. The Morgan fingerprint density at radius 1 is 0.947 bits per heavy atom. The van der Waals surface area contributed by atoms with Gasteiger partial charge in [-0.1, -0.05) is 36.4 Å². The first kappa shape index (κ1) is 12.2. The van der Waals surface area contributed by atoms with E-state index in [2.05, 4.69) is 29.6 Å². The highest BCUT2D eigenvalue weighted by Gasteiger charge is 2.05. The van der Waals surface area contributed by atoms with E-state index in [1.165, 1.54) is 15.6 Å². The van der Waals surface area contributed by atoms with Crippen molar-refractivity contribution in [1.29, 1.82) is 0 Å². The maximum atomic E-state index is 5.91. The van der Waals surface area contributed by atoms with Crippen molar-refractivity contribution in [2.45, 2.75) is 13.2 Å². The van der Waals surface area contributed by atoms with Gasteiger partial charge in [-0.2, -0.15) is 0 Å². The Hall–Kier alpha value is -1.84. The topological polar surface area (TPSA) is 35.2 Å². The molecule has 0 atom stereocenters. The fourth-order valence-electron chi connectivity index (χ4n) is 2.11. The van der Waals surface area contributed by atoms with Gasteiger partial charge in [0, 0.05) is 22.4 Å². The van der Waals surface area contributed by atoms with Crippen LogP contribution in [0.4, 0.5) is 0 Å². The van der Waals surface area contributed by atoms with E-state index in [-0.39, 0.29) is 0 Å². The first-order valence-electron chi connectivity index (χ1n) is 6.24. The molecular weight excluding hydrogens is 254 g/mol. The lowest BCUT2D eigenvalue weighted by Gasteiger charge is -2.09. The first-order valence-corrected chi connectivity index (χ1v) is 7.12. The molecule has 0 bridgehead atoms. The average molecular weight is 269 g/mol. The van der Waals surface area contributed by atoms with Gasteiger partial charge in [-0.25, -0.2) is 0 Å². The Kier molecular flexibility index (Phi) is 3.49. The molecular formula is C16H15NOS. The summed E-state index contributed by atoms with van der Waals surface area (Å²) in [6.45, 7) is 1.08. The van der Waals surface area contributed by atoms with E-state index in [0.29, 0.717) is 13.2 Å². The fraction of sp³-hybridized carbons (Fsp3) is 0.125. The molecule has 0 aliphatic heterocycles. The van der Waals surface area contributed by atoms with Gasteiger partial charge in [0.25, 0.3) is 0 Å². The van der Waals surface area contributed by atoms with Gasteiger partial charge in [0.1, 0.15) is 12.4 Å². The molecule has 0 fully saturated rings. The van der Waals surface area contributed by atoms with Crippen molar-refractivity contribution < 1.29 is 4.74 Å². The molecule has 1 heterocycles. The molecule has 2 nitrogen and oxygen atoms in total. The normalized spacial score (nSPS) is 10.8. The summed E-state index contributed by atoms with van der Waals surface area (Å²) in [6.07, 6.45) is 0. The molecule has 0 aliphatic carbocycles. The molecule has 0 aliphatic rings. The lowest BCUT2D eigenvalue weighted by Crippen LogP contribution is -2.02. The van der Waals surface area contributed by atoms with E-state index >= 15 is 0 Å². The number of fused-ring (bicyclic) bond motifs is 1. The highest BCUT2D eigenvalue weighted by Crippen LogP contribution is 2.27. The molecule has 3 heteroatoms. The van der Waals surface area contributed by atoms with Crippen molar-refractivity contribution in [3.05, 3.63) is 65.0 Å². The van der Waals surface area contributed by atoms with Crippen LogP contribution in [-0.4, -0.2) is 0 Å². The number of benzene rings is 2. The largest absolute Gasteiger partial charge is 0.489 e. The average Bonchev–Trinajstić information content (AvgIpc) is 2.89. The quantitative estimate of drug-likeness (QED) is 0.778. The van der Waals surface area contributed by atoms with E-state index in [1.54, 1.807) is 11.3 Å². The molecule has 3 rings (SSSR count). The third kappa shape index (κ3) is 2.48. The zero-order chi connectivity index (χ0) is 13.1. The number of hydrogen-bond acceptors (Lipinski definition) is 3. The molecule has 0 unspecified atom stereocenters. The van der Waals surface area contributed by atoms with Crippen molar-refractivity contribution in [2.75, 3.05) is 0 Å². The number of thiophene rings is 1. The van der Waals surface area contributed by atoms with Crippen LogP contribution in [0, 0.1) is 0 Å². The maximum absolute atomic E-state index is 5.91. The summed E-state index contributed by atoms with van der Waals surface area (Å²) in [5.41, 5.74) is 7.98. The van der Waals surface area contributed by atoms with Crippen molar-refractivity contribution in [2.24, 2.45) is 5.73 Å². The zero-order valence-electron chi connectivity index (χ0n) is 10.5. The molecule has 0 saturated heterocycles. The second-order valence-electron chi connectivity index (χ2n) is 4.36. The minimum absolute atomic E-state index is 0.501. The van der Waals surface area contributed by atoms with Gasteiger partial charge in [0.2, 0.25) is 0 Å². The van der Waals surface area contributed by atoms with Crippen molar-refractivity contribution in [3.63, 3.8) is 0 Å². The highest BCUT2D eigenvalue weighted by molar-refractivity contribution is 7.17. The summed E-state index contributed by atoms with van der Waals surface area (Å²) in [4.78, 5) is 0. The van der Waals surface area contributed by atoms with E-state index < -0.39 is 0 Å².